The number of aromatic nitrogens is 3. The largest absolute Gasteiger partial charge is 0.477 e. The van der Waals surface area contributed by atoms with Crippen molar-refractivity contribution in [3.63, 3.8) is 0 Å². The van der Waals surface area contributed by atoms with Gasteiger partial charge in [0.1, 0.15) is 5.69 Å². The van der Waals surface area contributed by atoms with Crippen LogP contribution in [0.25, 0.3) is 11.3 Å². The van der Waals surface area contributed by atoms with Crippen LogP contribution in [0.2, 0.25) is 0 Å². The van der Waals surface area contributed by atoms with E-state index in [1.54, 1.807) is 18.2 Å². The molecule has 0 atom stereocenters. The molecule has 2 rings (SSSR count). The average molecular weight is 263 g/mol. The van der Waals surface area contributed by atoms with E-state index < -0.39 is 16.9 Å². The molecule has 0 aliphatic carbocycles. The SMILES string of the molecule is FC(F)(F)C(F)(F)n1cc(-c2ccccc2)nn1. The average Bonchev–Trinajstić information content (AvgIpc) is 2.78. The van der Waals surface area contributed by atoms with E-state index in [0.29, 0.717) is 11.8 Å². The fourth-order valence-electron chi connectivity index (χ4n) is 1.27. The lowest BCUT2D eigenvalue weighted by molar-refractivity contribution is -0.328. The Balaban J connectivity index is 2.38. The maximum atomic E-state index is 12.9. The van der Waals surface area contributed by atoms with Crippen molar-refractivity contribution in [1.29, 1.82) is 0 Å². The van der Waals surface area contributed by atoms with Gasteiger partial charge < -0.3 is 0 Å². The van der Waals surface area contributed by atoms with E-state index in [9.17, 15) is 22.0 Å². The molecule has 0 aliphatic heterocycles. The van der Waals surface area contributed by atoms with Crippen LogP contribution in [0.1, 0.15) is 0 Å². The van der Waals surface area contributed by atoms with Crippen LogP contribution in [0.4, 0.5) is 22.0 Å². The van der Waals surface area contributed by atoms with E-state index in [2.05, 4.69) is 10.3 Å². The minimum Gasteiger partial charge on any atom is -0.180 e. The predicted molar refractivity (Wildman–Crippen MR) is 51.7 cm³/mol. The van der Waals surface area contributed by atoms with Crippen LogP contribution in [0.5, 0.6) is 0 Å². The second-order valence-corrected chi connectivity index (χ2v) is 3.45. The molecule has 0 fully saturated rings. The van der Waals surface area contributed by atoms with Crippen molar-refractivity contribution in [2.24, 2.45) is 0 Å². The van der Waals surface area contributed by atoms with Gasteiger partial charge in [-0.25, -0.2) is 0 Å². The second-order valence-electron chi connectivity index (χ2n) is 3.45. The van der Waals surface area contributed by atoms with Crippen molar-refractivity contribution in [2.75, 3.05) is 0 Å². The van der Waals surface area contributed by atoms with E-state index in [0.717, 1.165) is 0 Å². The van der Waals surface area contributed by atoms with Crippen LogP contribution in [-0.4, -0.2) is 21.2 Å². The van der Waals surface area contributed by atoms with Gasteiger partial charge in [-0.1, -0.05) is 35.5 Å². The Hall–Kier alpha value is -1.99. The Bertz CT molecular complexity index is 532. The van der Waals surface area contributed by atoms with E-state index in [-0.39, 0.29) is 5.69 Å². The lowest BCUT2D eigenvalue weighted by Gasteiger charge is -2.18. The molecular formula is C10H6F5N3. The van der Waals surface area contributed by atoms with Gasteiger partial charge in [-0.3, -0.25) is 0 Å². The van der Waals surface area contributed by atoms with Crippen molar-refractivity contribution < 1.29 is 22.0 Å². The molecule has 1 aromatic heterocycles. The van der Waals surface area contributed by atoms with Crippen LogP contribution >= 0.6 is 0 Å². The summed E-state index contributed by atoms with van der Waals surface area (Å²) in [5.74, 6) is 0. The number of hydrogen-bond donors (Lipinski definition) is 0. The number of rotatable bonds is 2. The Kier molecular flexibility index (Phi) is 2.80. The highest BCUT2D eigenvalue weighted by Crippen LogP contribution is 2.39. The molecule has 3 nitrogen and oxygen atoms in total. The highest BCUT2D eigenvalue weighted by atomic mass is 19.4. The molecule has 96 valence electrons. The first-order valence-electron chi connectivity index (χ1n) is 4.75. The molecular weight excluding hydrogens is 257 g/mol. The zero-order chi connectivity index (χ0) is 13.4. The first kappa shape index (κ1) is 12.5. The van der Waals surface area contributed by atoms with Crippen LogP contribution in [0.15, 0.2) is 36.5 Å². The van der Waals surface area contributed by atoms with Gasteiger partial charge in [-0.15, -0.1) is 5.10 Å². The third-order valence-electron chi connectivity index (χ3n) is 2.19. The summed E-state index contributed by atoms with van der Waals surface area (Å²) in [7, 11) is 0. The second kappa shape index (κ2) is 4.04. The lowest BCUT2D eigenvalue weighted by atomic mass is 10.2. The number of hydrogen-bond acceptors (Lipinski definition) is 2. The fraction of sp³-hybridized carbons (Fsp3) is 0.200. The van der Waals surface area contributed by atoms with Crippen LogP contribution in [-0.2, 0) is 6.05 Å². The summed E-state index contributed by atoms with van der Waals surface area (Å²) in [5.41, 5.74) is 0.348. The molecule has 0 radical (unpaired) electrons. The fourth-order valence-corrected chi connectivity index (χ4v) is 1.27. The van der Waals surface area contributed by atoms with Gasteiger partial charge in [0, 0.05) is 5.56 Å². The van der Waals surface area contributed by atoms with Crippen LogP contribution in [0, 0.1) is 0 Å². The Morgan fingerprint density at radius 1 is 0.944 bits per heavy atom. The summed E-state index contributed by atoms with van der Waals surface area (Å²) < 4.78 is 61.6. The van der Waals surface area contributed by atoms with Gasteiger partial charge >= 0.3 is 12.2 Å². The van der Waals surface area contributed by atoms with Crippen molar-refractivity contribution in [2.45, 2.75) is 12.2 Å². The molecule has 18 heavy (non-hydrogen) atoms. The smallest absolute Gasteiger partial charge is 0.180 e. The van der Waals surface area contributed by atoms with Crippen LogP contribution < -0.4 is 0 Å². The first-order valence-corrected chi connectivity index (χ1v) is 4.75. The van der Waals surface area contributed by atoms with Gasteiger partial charge in [0.05, 0.1) is 6.20 Å². The van der Waals surface area contributed by atoms with E-state index in [1.165, 1.54) is 12.1 Å². The Morgan fingerprint density at radius 3 is 2.11 bits per heavy atom. The Labute approximate surface area is 97.8 Å². The first-order chi connectivity index (χ1) is 8.32. The quantitative estimate of drug-likeness (QED) is 0.779. The summed E-state index contributed by atoms with van der Waals surface area (Å²) in [4.78, 5) is 0. The molecule has 0 aliphatic rings. The third kappa shape index (κ3) is 2.05. The van der Waals surface area contributed by atoms with Crippen LogP contribution in [0.3, 0.4) is 0 Å². The molecule has 0 N–H and O–H groups in total. The zero-order valence-electron chi connectivity index (χ0n) is 8.70. The minimum atomic E-state index is -5.71. The lowest BCUT2D eigenvalue weighted by Crippen LogP contribution is -2.40. The molecule has 0 amide bonds. The normalized spacial score (nSPS) is 12.7. The number of halogens is 5. The molecule has 8 heteroatoms. The standard InChI is InChI=1S/C10H6F5N3/c11-9(12,13)10(14,15)18-6-8(16-17-18)7-4-2-1-3-5-7/h1-6H. The zero-order valence-corrected chi connectivity index (χ0v) is 8.70. The van der Waals surface area contributed by atoms with E-state index in [4.69, 9.17) is 0 Å². The summed E-state index contributed by atoms with van der Waals surface area (Å²) in [6, 6.07) is 2.87. The molecule has 0 saturated heterocycles. The minimum absolute atomic E-state index is 0.0560. The molecule has 0 unspecified atom stereocenters. The maximum Gasteiger partial charge on any atom is 0.477 e. The third-order valence-corrected chi connectivity index (χ3v) is 2.19. The highest BCUT2D eigenvalue weighted by Gasteiger charge is 2.60. The summed E-state index contributed by atoms with van der Waals surface area (Å²) in [6.45, 7) is 0. The summed E-state index contributed by atoms with van der Waals surface area (Å²) >= 11 is 0. The summed E-state index contributed by atoms with van der Waals surface area (Å²) in [6.07, 6.45) is -5.16. The maximum absolute atomic E-state index is 12.9. The predicted octanol–water partition coefficient (Wildman–Crippen LogP) is 3.06. The monoisotopic (exact) mass is 263 g/mol. The van der Waals surface area contributed by atoms with Gasteiger partial charge in [0.25, 0.3) is 0 Å². The number of nitrogens with zero attached hydrogens (tertiary/aromatic N) is 3. The Morgan fingerprint density at radius 2 is 1.56 bits per heavy atom. The molecule has 0 saturated carbocycles. The van der Waals surface area contributed by atoms with Gasteiger partial charge in [0.15, 0.2) is 0 Å². The highest BCUT2D eigenvalue weighted by molar-refractivity contribution is 5.57. The van der Waals surface area contributed by atoms with Crippen molar-refractivity contribution in [3.05, 3.63) is 36.5 Å². The molecule has 0 spiro atoms. The summed E-state index contributed by atoms with van der Waals surface area (Å²) in [5, 5.41) is 6.13. The molecule has 2 aromatic rings. The van der Waals surface area contributed by atoms with Gasteiger partial charge in [-0.05, 0) is 0 Å². The van der Waals surface area contributed by atoms with E-state index >= 15 is 0 Å². The van der Waals surface area contributed by atoms with Crippen molar-refractivity contribution in [1.82, 2.24) is 15.0 Å². The molecule has 1 aromatic carbocycles. The number of benzene rings is 1. The molecule has 0 bridgehead atoms. The van der Waals surface area contributed by atoms with Crippen molar-refractivity contribution >= 4 is 0 Å². The van der Waals surface area contributed by atoms with Gasteiger partial charge in [-0.2, -0.15) is 26.6 Å². The van der Waals surface area contributed by atoms with E-state index in [1.807, 2.05) is 0 Å². The topological polar surface area (TPSA) is 30.7 Å². The molecule has 1 heterocycles. The number of alkyl halides is 5. The van der Waals surface area contributed by atoms with Gasteiger partial charge in [0.2, 0.25) is 0 Å². The van der Waals surface area contributed by atoms with Crippen molar-refractivity contribution in [3.8, 4) is 11.3 Å².